The van der Waals surface area contributed by atoms with E-state index in [9.17, 15) is 4.79 Å². The molecule has 0 saturated carbocycles. The summed E-state index contributed by atoms with van der Waals surface area (Å²) in [5.74, 6) is 3.45. The molecule has 6 heterocycles. The average molecular weight is 841 g/mol. The summed E-state index contributed by atoms with van der Waals surface area (Å²) < 4.78 is 64.0. The van der Waals surface area contributed by atoms with Crippen LogP contribution < -0.4 is 14.4 Å². The van der Waals surface area contributed by atoms with Crippen LogP contribution in [0.15, 0.2) is 30.3 Å². The molecule has 0 aliphatic carbocycles. The van der Waals surface area contributed by atoms with Crippen LogP contribution in [-0.4, -0.2) is 92.5 Å². The SMILES string of the molecule is COCOc1cc(-c2nc3c4c(nc(C5COC5)cc4c2F)N2C[C@H]4CC[C@@H]([C@H]2[C@H](C)O3)N4C(=O)OC(C)(C)C)c2c(C#C[Si](C(C)C)(C(C)C)C(C)C)c(F)ccc2c1. The third kappa shape index (κ3) is 7.06. The first-order valence-corrected chi connectivity index (χ1v) is 23.7. The lowest BCUT2D eigenvalue weighted by Crippen LogP contribution is -2.65. The standard InChI is InChI=1S/C47H58F2N4O6Si/c1-25(2)60(26(3)4,27(5)6)17-16-33-36(48)14-12-29-18-32(57-24-55-11)19-35(39(29)33)42-41(49)34-20-37(30-22-56-23-30)50-44-40(34)45(51-42)58-28(7)43-38-15-13-31(21-52(43)44)53(38)46(54)59-47(8,9)10/h12,14,18-20,25-28,30-31,38,43H,13,15,21-24H2,1-11H3/t28-,31+,38-,43+/m0/s1. The van der Waals surface area contributed by atoms with Crippen molar-refractivity contribution in [2.24, 2.45) is 0 Å². The minimum Gasteiger partial charge on any atom is -0.472 e. The molecule has 320 valence electrons. The van der Waals surface area contributed by atoms with Crippen LogP contribution in [0.3, 0.4) is 0 Å². The molecule has 4 aliphatic heterocycles. The van der Waals surface area contributed by atoms with Gasteiger partial charge in [-0.05, 0) is 86.8 Å². The van der Waals surface area contributed by atoms with Gasteiger partial charge in [0.25, 0.3) is 0 Å². The molecule has 4 aliphatic rings. The van der Waals surface area contributed by atoms with Crippen LogP contribution in [0.1, 0.15) is 99.3 Å². The van der Waals surface area contributed by atoms with Crippen molar-refractivity contribution in [2.45, 2.75) is 134 Å². The number of pyridine rings is 2. The first-order valence-electron chi connectivity index (χ1n) is 21.4. The lowest BCUT2D eigenvalue weighted by molar-refractivity contribution is 0.000718. The highest BCUT2D eigenvalue weighted by atomic mass is 28.3. The van der Waals surface area contributed by atoms with Crippen molar-refractivity contribution in [1.82, 2.24) is 14.9 Å². The zero-order valence-electron chi connectivity index (χ0n) is 36.7. The molecule has 10 nitrogen and oxygen atoms in total. The second-order valence-corrected chi connectivity index (χ2v) is 24.5. The Kier molecular flexibility index (Phi) is 11.1. The molecule has 13 heteroatoms. The number of hydrogen-bond donors (Lipinski definition) is 0. The van der Waals surface area contributed by atoms with Gasteiger partial charge in [-0.1, -0.05) is 53.5 Å². The maximum absolute atomic E-state index is 18.0. The summed E-state index contributed by atoms with van der Waals surface area (Å²) in [6.07, 6.45) is 0.710. The number of halogens is 2. The van der Waals surface area contributed by atoms with Gasteiger partial charge in [-0.15, -0.1) is 5.54 Å². The zero-order chi connectivity index (χ0) is 43.0. The van der Waals surface area contributed by atoms with Crippen molar-refractivity contribution in [3.8, 4) is 34.4 Å². The fourth-order valence-corrected chi connectivity index (χ4v) is 15.7. The summed E-state index contributed by atoms with van der Waals surface area (Å²) >= 11 is 0. The molecule has 8 rings (SSSR count). The van der Waals surface area contributed by atoms with Gasteiger partial charge in [0.2, 0.25) is 5.88 Å². The van der Waals surface area contributed by atoms with Crippen molar-refractivity contribution in [2.75, 3.05) is 38.6 Å². The van der Waals surface area contributed by atoms with Crippen LogP contribution in [0.25, 0.3) is 32.8 Å². The molecule has 2 aromatic carbocycles. The van der Waals surface area contributed by atoms with Gasteiger partial charge < -0.3 is 28.6 Å². The number of hydrogen-bond acceptors (Lipinski definition) is 9. The topological polar surface area (TPSA) is 95.5 Å². The Labute approximate surface area is 353 Å². The number of benzene rings is 2. The van der Waals surface area contributed by atoms with E-state index in [0.29, 0.717) is 80.8 Å². The van der Waals surface area contributed by atoms with Gasteiger partial charge in [-0.3, -0.25) is 4.90 Å². The van der Waals surface area contributed by atoms with E-state index in [2.05, 4.69) is 57.9 Å². The lowest BCUT2D eigenvalue weighted by atomic mass is 9.94. The molecule has 0 N–H and O–H groups in total. The highest BCUT2D eigenvalue weighted by molar-refractivity contribution is 6.90. The number of amides is 1. The molecule has 2 bridgehead atoms. The molecule has 0 unspecified atom stereocenters. The molecule has 4 atom stereocenters. The van der Waals surface area contributed by atoms with E-state index >= 15 is 8.78 Å². The van der Waals surface area contributed by atoms with Gasteiger partial charge >= 0.3 is 6.09 Å². The average Bonchev–Trinajstić information content (AvgIpc) is 3.40. The highest BCUT2D eigenvalue weighted by Gasteiger charge is 2.54. The lowest BCUT2D eigenvalue weighted by Gasteiger charge is -2.48. The minimum atomic E-state index is -2.31. The van der Waals surface area contributed by atoms with Crippen LogP contribution in [0.5, 0.6) is 11.6 Å². The van der Waals surface area contributed by atoms with Crippen LogP contribution >= 0.6 is 0 Å². The molecular formula is C47H58F2N4O6Si. The van der Waals surface area contributed by atoms with E-state index in [-0.39, 0.29) is 54.1 Å². The van der Waals surface area contributed by atoms with Crippen molar-refractivity contribution in [3.63, 3.8) is 0 Å². The van der Waals surface area contributed by atoms with Crippen LogP contribution in [0.2, 0.25) is 16.6 Å². The van der Waals surface area contributed by atoms with E-state index in [1.807, 2.05) is 32.6 Å². The number of rotatable bonds is 8. The van der Waals surface area contributed by atoms with E-state index in [1.165, 1.54) is 13.2 Å². The van der Waals surface area contributed by atoms with Gasteiger partial charge in [-0.25, -0.2) is 23.5 Å². The minimum absolute atomic E-state index is 0.0176. The highest BCUT2D eigenvalue weighted by Crippen LogP contribution is 2.49. The van der Waals surface area contributed by atoms with Crippen molar-refractivity contribution in [3.05, 3.63) is 53.2 Å². The van der Waals surface area contributed by atoms with Crippen molar-refractivity contribution >= 4 is 41.5 Å². The maximum atomic E-state index is 18.0. The number of methoxy groups -OCH3 is 1. The van der Waals surface area contributed by atoms with E-state index in [1.54, 1.807) is 24.3 Å². The summed E-state index contributed by atoms with van der Waals surface area (Å²) in [5.41, 5.74) is 5.19. The summed E-state index contributed by atoms with van der Waals surface area (Å²) in [5, 5.41) is 1.82. The number of piperazine rings is 1. The number of ether oxygens (including phenoxy) is 5. The van der Waals surface area contributed by atoms with Crippen LogP contribution in [0, 0.1) is 23.1 Å². The first-order chi connectivity index (χ1) is 28.4. The monoisotopic (exact) mass is 840 g/mol. The number of anilines is 1. The third-order valence-corrected chi connectivity index (χ3v) is 19.5. The fourth-order valence-electron chi connectivity index (χ4n) is 10.5. The van der Waals surface area contributed by atoms with E-state index < -0.39 is 31.4 Å². The Morgan fingerprint density at radius 1 is 1.00 bits per heavy atom. The first kappa shape index (κ1) is 42.2. The molecular weight excluding hydrogens is 783 g/mol. The Hall–Kier alpha value is -4.51. The summed E-state index contributed by atoms with van der Waals surface area (Å²) in [7, 11) is -0.787. The predicted octanol–water partition coefficient (Wildman–Crippen LogP) is 10.1. The Morgan fingerprint density at radius 2 is 1.72 bits per heavy atom. The van der Waals surface area contributed by atoms with Gasteiger partial charge in [-0.2, -0.15) is 0 Å². The largest absolute Gasteiger partial charge is 0.472 e. The number of carbonyl (C=O) groups excluding carboxylic acids is 1. The molecule has 60 heavy (non-hydrogen) atoms. The van der Waals surface area contributed by atoms with E-state index in [4.69, 9.17) is 33.7 Å². The molecule has 3 fully saturated rings. The number of nitrogens with zero attached hydrogens (tertiary/aromatic N) is 4. The molecule has 0 radical (unpaired) electrons. The van der Waals surface area contributed by atoms with Gasteiger partial charge in [0, 0.05) is 35.9 Å². The van der Waals surface area contributed by atoms with Crippen molar-refractivity contribution in [1.29, 1.82) is 0 Å². The smallest absolute Gasteiger partial charge is 0.410 e. The van der Waals surface area contributed by atoms with Gasteiger partial charge in [0.1, 0.15) is 42.9 Å². The second kappa shape index (κ2) is 15.7. The number of fused-ring (bicyclic) bond motifs is 6. The third-order valence-electron chi connectivity index (χ3n) is 13.2. The predicted molar refractivity (Wildman–Crippen MR) is 232 cm³/mol. The number of aromatic nitrogens is 2. The van der Waals surface area contributed by atoms with Crippen LogP contribution in [0.4, 0.5) is 19.4 Å². The van der Waals surface area contributed by atoms with Crippen LogP contribution in [-0.2, 0) is 14.2 Å². The maximum Gasteiger partial charge on any atom is 0.410 e. The summed E-state index contributed by atoms with van der Waals surface area (Å²) in [6, 6.07) is 7.68. The molecule has 4 aromatic rings. The molecule has 1 amide bonds. The van der Waals surface area contributed by atoms with Gasteiger partial charge in [0.15, 0.2) is 12.6 Å². The Balaban J connectivity index is 1.37. The summed E-state index contributed by atoms with van der Waals surface area (Å²) in [6.45, 7) is 22.2. The molecule has 3 saturated heterocycles. The molecule has 0 spiro atoms. The quantitative estimate of drug-likeness (QED) is 0.0976. The second-order valence-electron chi connectivity index (χ2n) is 18.9. The Morgan fingerprint density at radius 3 is 2.35 bits per heavy atom. The Bertz CT molecular complexity index is 2380. The normalized spacial score (nSPS) is 21.5. The molecule has 2 aromatic heterocycles. The fraction of sp³-hybridized carbons (Fsp3) is 0.553. The zero-order valence-corrected chi connectivity index (χ0v) is 37.7. The summed E-state index contributed by atoms with van der Waals surface area (Å²) in [4.78, 5) is 28.1. The van der Waals surface area contributed by atoms with E-state index in [0.717, 1.165) is 12.8 Å². The van der Waals surface area contributed by atoms with Gasteiger partial charge in [0.05, 0.1) is 48.0 Å². The number of carbonyl (C=O) groups is 1. The van der Waals surface area contributed by atoms with Crippen molar-refractivity contribution < 1.29 is 37.3 Å².